The predicted molar refractivity (Wildman–Crippen MR) is 142 cm³/mol. The smallest absolute Gasteiger partial charge is 0.264 e. The summed E-state index contributed by atoms with van der Waals surface area (Å²) in [7, 11) is -2.54. The normalized spacial score (nSPS) is 12.0. The number of carbonyl (C=O) groups excluding carboxylic acids is 2. The number of nitrogens with one attached hydrogen (secondary N) is 1. The van der Waals surface area contributed by atoms with Gasteiger partial charge >= 0.3 is 0 Å². The molecule has 0 bridgehead atoms. The van der Waals surface area contributed by atoms with E-state index in [-0.39, 0.29) is 17.3 Å². The van der Waals surface area contributed by atoms with Gasteiger partial charge in [-0.3, -0.25) is 13.9 Å². The fourth-order valence-electron chi connectivity index (χ4n) is 4.09. The first-order chi connectivity index (χ1) is 17.2. The second kappa shape index (κ2) is 11.9. The molecule has 7 nitrogen and oxygen atoms in total. The lowest BCUT2D eigenvalue weighted by molar-refractivity contribution is -0.140. The van der Waals surface area contributed by atoms with Crippen LogP contribution in [0.2, 0.25) is 0 Å². The summed E-state index contributed by atoms with van der Waals surface area (Å²) in [6.45, 7) is 5.25. The van der Waals surface area contributed by atoms with Crippen LogP contribution in [0.25, 0.3) is 0 Å². The number of sulfonamides is 1. The number of hydrogen-bond acceptors (Lipinski definition) is 4. The highest BCUT2D eigenvalue weighted by Crippen LogP contribution is 2.28. The molecule has 0 fully saturated rings. The average Bonchev–Trinajstić information content (AvgIpc) is 2.89. The van der Waals surface area contributed by atoms with E-state index in [1.807, 2.05) is 63.2 Å². The molecule has 0 aliphatic rings. The molecule has 3 rings (SSSR count). The Morgan fingerprint density at radius 2 is 1.53 bits per heavy atom. The fourth-order valence-corrected chi connectivity index (χ4v) is 5.58. The minimum atomic E-state index is -4.07. The monoisotopic (exact) mass is 507 g/mol. The van der Waals surface area contributed by atoms with E-state index in [1.54, 1.807) is 24.3 Å². The van der Waals surface area contributed by atoms with Gasteiger partial charge in [-0.25, -0.2) is 8.42 Å². The van der Waals surface area contributed by atoms with Gasteiger partial charge in [0.2, 0.25) is 11.8 Å². The van der Waals surface area contributed by atoms with Crippen molar-refractivity contribution in [1.29, 1.82) is 0 Å². The first-order valence-corrected chi connectivity index (χ1v) is 13.3. The van der Waals surface area contributed by atoms with Crippen LogP contribution in [0.15, 0.2) is 83.8 Å². The van der Waals surface area contributed by atoms with E-state index in [9.17, 15) is 18.0 Å². The second-order valence-corrected chi connectivity index (χ2v) is 10.5. The van der Waals surface area contributed by atoms with Crippen molar-refractivity contribution in [1.82, 2.24) is 10.2 Å². The van der Waals surface area contributed by atoms with Crippen molar-refractivity contribution in [3.05, 3.63) is 95.6 Å². The minimum Gasteiger partial charge on any atom is -0.357 e. The lowest BCUT2D eigenvalue weighted by Gasteiger charge is -2.33. The first-order valence-electron chi connectivity index (χ1n) is 11.9. The summed E-state index contributed by atoms with van der Waals surface area (Å²) < 4.78 is 28.8. The van der Waals surface area contributed by atoms with E-state index in [4.69, 9.17) is 0 Å². The zero-order chi connectivity index (χ0) is 26.3. The molecule has 1 N–H and O–H groups in total. The summed E-state index contributed by atoms with van der Waals surface area (Å²) in [6, 6.07) is 22.2. The molecule has 0 saturated heterocycles. The van der Waals surface area contributed by atoms with Gasteiger partial charge in [-0.05, 0) is 55.2 Å². The molecule has 8 heteroatoms. The van der Waals surface area contributed by atoms with Crippen LogP contribution in [-0.2, 0) is 26.2 Å². The van der Waals surface area contributed by atoms with Gasteiger partial charge < -0.3 is 10.2 Å². The first kappa shape index (κ1) is 26.9. The van der Waals surface area contributed by atoms with E-state index >= 15 is 0 Å². The summed E-state index contributed by atoms with van der Waals surface area (Å²) in [5, 5.41) is 2.63. The van der Waals surface area contributed by atoms with Crippen LogP contribution in [0.4, 0.5) is 5.69 Å². The van der Waals surface area contributed by atoms with Crippen LogP contribution in [0, 0.1) is 13.8 Å². The Kier molecular flexibility index (Phi) is 8.88. The van der Waals surface area contributed by atoms with Crippen LogP contribution in [0.3, 0.4) is 0 Å². The summed E-state index contributed by atoms with van der Waals surface area (Å²) in [5.41, 5.74) is 2.87. The fraction of sp³-hybridized carbons (Fsp3) is 0.286. The topological polar surface area (TPSA) is 86.8 Å². The maximum absolute atomic E-state index is 13.9. The molecule has 3 aromatic rings. The molecule has 0 unspecified atom stereocenters. The zero-order valence-corrected chi connectivity index (χ0v) is 22.0. The number of amides is 2. The van der Waals surface area contributed by atoms with Crippen LogP contribution < -0.4 is 9.62 Å². The van der Waals surface area contributed by atoms with E-state index < -0.39 is 28.5 Å². The molecule has 0 saturated carbocycles. The molecule has 0 heterocycles. The summed E-state index contributed by atoms with van der Waals surface area (Å²) in [4.78, 5) is 28.1. The molecule has 1 atom stereocenters. The third kappa shape index (κ3) is 6.12. The molecular formula is C28H33N3O4S. The van der Waals surface area contributed by atoms with Crippen molar-refractivity contribution >= 4 is 27.5 Å². The highest BCUT2D eigenvalue weighted by molar-refractivity contribution is 7.92. The van der Waals surface area contributed by atoms with Crippen LogP contribution in [0.5, 0.6) is 0 Å². The number of benzene rings is 3. The molecule has 0 radical (unpaired) electrons. The van der Waals surface area contributed by atoms with Crippen molar-refractivity contribution in [2.24, 2.45) is 0 Å². The second-order valence-electron chi connectivity index (χ2n) is 8.66. The molecule has 2 amide bonds. The van der Waals surface area contributed by atoms with E-state index in [1.165, 1.54) is 24.1 Å². The van der Waals surface area contributed by atoms with Gasteiger partial charge in [0, 0.05) is 13.6 Å². The van der Waals surface area contributed by atoms with Gasteiger partial charge in [0.1, 0.15) is 12.6 Å². The Hall–Kier alpha value is -3.65. The van der Waals surface area contributed by atoms with Gasteiger partial charge in [0.15, 0.2) is 0 Å². The highest BCUT2D eigenvalue weighted by Gasteiger charge is 2.33. The molecule has 0 aliphatic heterocycles. The number of rotatable bonds is 10. The Morgan fingerprint density at radius 1 is 0.917 bits per heavy atom. The molecule has 0 spiro atoms. The third-order valence-electron chi connectivity index (χ3n) is 6.07. The molecule has 0 aliphatic carbocycles. The largest absolute Gasteiger partial charge is 0.357 e. The summed E-state index contributed by atoms with van der Waals surface area (Å²) in [6.07, 6.45) is 0.382. The van der Waals surface area contributed by atoms with Gasteiger partial charge in [-0.2, -0.15) is 0 Å². The number of likely N-dealkylation sites (N-methyl/N-ethyl adjacent to an activating group) is 1. The van der Waals surface area contributed by atoms with E-state index in [0.717, 1.165) is 21.0 Å². The molecule has 36 heavy (non-hydrogen) atoms. The predicted octanol–water partition coefficient (Wildman–Crippen LogP) is 4.05. The molecule has 190 valence electrons. The highest BCUT2D eigenvalue weighted by atomic mass is 32.2. The average molecular weight is 508 g/mol. The SMILES string of the molecule is CC[C@@H](C(=O)NC)N(Cc1ccccc1)C(=O)CN(c1cc(C)ccc1C)S(=O)(=O)c1ccccc1. The summed E-state index contributed by atoms with van der Waals surface area (Å²) >= 11 is 0. The molecule has 3 aromatic carbocycles. The van der Waals surface area contributed by atoms with E-state index in [0.29, 0.717) is 12.1 Å². The molecular weight excluding hydrogens is 474 g/mol. The lowest BCUT2D eigenvalue weighted by atomic mass is 10.1. The van der Waals surface area contributed by atoms with Crippen LogP contribution in [-0.4, -0.2) is 44.8 Å². The van der Waals surface area contributed by atoms with Crippen molar-refractivity contribution in [3.8, 4) is 0 Å². The maximum atomic E-state index is 13.9. The van der Waals surface area contributed by atoms with E-state index in [2.05, 4.69) is 5.32 Å². The maximum Gasteiger partial charge on any atom is 0.264 e. The summed E-state index contributed by atoms with van der Waals surface area (Å²) in [5.74, 6) is -0.763. The van der Waals surface area contributed by atoms with Crippen molar-refractivity contribution in [2.75, 3.05) is 17.9 Å². The van der Waals surface area contributed by atoms with Gasteiger partial charge in [-0.15, -0.1) is 0 Å². The number of hydrogen-bond donors (Lipinski definition) is 1. The van der Waals surface area contributed by atoms with Crippen LogP contribution >= 0.6 is 0 Å². The lowest BCUT2D eigenvalue weighted by Crippen LogP contribution is -2.51. The minimum absolute atomic E-state index is 0.0895. The van der Waals surface area contributed by atoms with Crippen molar-refractivity contribution in [2.45, 2.75) is 44.7 Å². The number of anilines is 1. The van der Waals surface area contributed by atoms with Gasteiger partial charge in [0.05, 0.1) is 10.6 Å². The zero-order valence-electron chi connectivity index (χ0n) is 21.1. The van der Waals surface area contributed by atoms with Crippen molar-refractivity contribution < 1.29 is 18.0 Å². The third-order valence-corrected chi connectivity index (χ3v) is 7.85. The standard InChI is InChI=1S/C28H33N3O4S/c1-5-25(28(33)29-4)30(19-23-12-8-6-9-13-23)27(32)20-31(26-18-21(2)16-17-22(26)3)36(34,35)24-14-10-7-11-15-24/h6-18,25H,5,19-20H2,1-4H3,(H,29,33)/t25-/m0/s1. The Bertz CT molecular complexity index is 1290. The number of carbonyl (C=O) groups is 2. The van der Waals surface area contributed by atoms with Gasteiger partial charge in [-0.1, -0.05) is 67.6 Å². The number of nitrogens with zero attached hydrogens (tertiary/aromatic N) is 2. The van der Waals surface area contributed by atoms with Crippen molar-refractivity contribution in [3.63, 3.8) is 0 Å². The van der Waals surface area contributed by atoms with Crippen LogP contribution in [0.1, 0.15) is 30.0 Å². The molecule has 0 aromatic heterocycles. The number of aryl methyl sites for hydroxylation is 2. The Balaban J connectivity index is 2.08. The quantitative estimate of drug-likeness (QED) is 0.449. The van der Waals surface area contributed by atoms with Gasteiger partial charge in [0.25, 0.3) is 10.0 Å². The Labute approximate surface area is 213 Å². The Morgan fingerprint density at radius 3 is 2.11 bits per heavy atom.